The second-order valence-corrected chi connectivity index (χ2v) is 5.35. The molecule has 1 amide bonds. The number of alkyl carbamates (subject to hydrolysis) is 1. The molecule has 0 spiro atoms. The number of Topliss-reactive ketones (excluding diaryl/α,β-unsaturated/α-hetero) is 1. The molecule has 6 nitrogen and oxygen atoms in total. The number of carboxylic acids is 1. The van der Waals surface area contributed by atoms with E-state index in [4.69, 9.17) is 9.84 Å². The maximum absolute atomic E-state index is 11.7. The molecule has 2 N–H and O–H groups in total. The summed E-state index contributed by atoms with van der Waals surface area (Å²) in [6.45, 7) is 6.71. The van der Waals surface area contributed by atoms with Gasteiger partial charge in [-0.05, 0) is 27.2 Å². The Kier molecular flexibility index (Phi) is 7.11. The van der Waals surface area contributed by atoms with E-state index < -0.39 is 29.4 Å². The number of carbonyl (C=O) groups excluding carboxylic acids is 2. The number of rotatable bonds is 7. The molecule has 0 rings (SSSR count). The highest BCUT2D eigenvalue weighted by molar-refractivity contribution is 6.00. The Labute approximate surface area is 113 Å². The highest BCUT2D eigenvalue weighted by Gasteiger charge is 2.26. The van der Waals surface area contributed by atoms with Crippen molar-refractivity contribution in [1.29, 1.82) is 0 Å². The first-order valence-electron chi connectivity index (χ1n) is 6.39. The summed E-state index contributed by atoms with van der Waals surface area (Å²) < 4.78 is 4.96. The fourth-order valence-corrected chi connectivity index (χ4v) is 1.43. The minimum Gasteiger partial charge on any atom is -0.481 e. The number of carbonyl (C=O) groups is 3. The lowest BCUT2D eigenvalue weighted by atomic mass is 9.97. The van der Waals surface area contributed by atoms with Crippen LogP contribution in [0.1, 0.15) is 47.0 Å². The summed E-state index contributed by atoms with van der Waals surface area (Å²) >= 11 is 0. The minimum atomic E-state index is -1.15. The van der Waals surface area contributed by atoms with Crippen molar-refractivity contribution >= 4 is 17.8 Å². The third-order valence-electron chi connectivity index (χ3n) is 2.34. The number of amides is 1. The summed E-state index contributed by atoms with van der Waals surface area (Å²) in [5.74, 6) is -2.72. The fraction of sp³-hybridized carbons (Fsp3) is 0.769. The van der Waals surface area contributed by atoms with Gasteiger partial charge in [0, 0.05) is 0 Å². The molecule has 110 valence electrons. The number of carboxylic acid groups (broad SMARTS) is 1. The van der Waals surface area contributed by atoms with Gasteiger partial charge in [0.2, 0.25) is 0 Å². The topological polar surface area (TPSA) is 92.7 Å². The highest BCUT2D eigenvalue weighted by atomic mass is 16.6. The van der Waals surface area contributed by atoms with E-state index in [-0.39, 0.29) is 6.54 Å². The summed E-state index contributed by atoms with van der Waals surface area (Å²) in [6.07, 6.45) is 1.05. The zero-order chi connectivity index (χ0) is 15.1. The Morgan fingerprint density at radius 1 is 1.26 bits per heavy atom. The van der Waals surface area contributed by atoms with Gasteiger partial charge >= 0.3 is 12.1 Å². The van der Waals surface area contributed by atoms with E-state index >= 15 is 0 Å². The van der Waals surface area contributed by atoms with E-state index in [2.05, 4.69) is 5.32 Å². The lowest BCUT2D eigenvalue weighted by molar-refractivity contribution is -0.146. The van der Waals surface area contributed by atoms with Gasteiger partial charge in [-0.1, -0.05) is 19.8 Å². The molecule has 0 aliphatic rings. The molecular weight excluding hydrogens is 250 g/mol. The summed E-state index contributed by atoms with van der Waals surface area (Å²) in [5, 5.41) is 11.2. The van der Waals surface area contributed by atoms with Crippen LogP contribution >= 0.6 is 0 Å². The van der Waals surface area contributed by atoms with E-state index in [0.29, 0.717) is 12.8 Å². The number of ketones is 1. The van der Waals surface area contributed by atoms with Crippen LogP contribution in [0.4, 0.5) is 4.79 Å². The van der Waals surface area contributed by atoms with Crippen LogP contribution in [-0.4, -0.2) is 35.1 Å². The highest BCUT2D eigenvalue weighted by Crippen LogP contribution is 2.10. The third kappa shape index (κ3) is 8.18. The van der Waals surface area contributed by atoms with Gasteiger partial charge in [0.1, 0.15) is 11.5 Å². The fourth-order valence-electron chi connectivity index (χ4n) is 1.43. The van der Waals surface area contributed by atoms with Gasteiger partial charge < -0.3 is 15.2 Å². The Bertz CT molecular complexity index is 332. The van der Waals surface area contributed by atoms with Gasteiger partial charge in [-0.2, -0.15) is 0 Å². The van der Waals surface area contributed by atoms with Gasteiger partial charge in [0.25, 0.3) is 0 Å². The maximum Gasteiger partial charge on any atom is 0.408 e. The second-order valence-electron chi connectivity index (χ2n) is 5.35. The molecule has 0 saturated carbocycles. The Balaban J connectivity index is 4.26. The Morgan fingerprint density at radius 3 is 2.26 bits per heavy atom. The lowest BCUT2D eigenvalue weighted by Gasteiger charge is -2.20. The monoisotopic (exact) mass is 273 g/mol. The molecule has 0 aromatic rings. The molecule has 0 aliphatic carbocycles. The van der Waals surface area contributed by atoms with Crippen molar-refractivity contribution in [2.24, 2.45) is 5.92 Å². The Hall–Kier alpha value is -1.59. The third-order valence-corrected chi connectivity index (χ3v) is 2.34. The molecular formula is C13H23NO5. The maximum atomic E-state index is 11.7. The standard InChI is InChI=1S/C13H23NO5/c1-5-6-7-9(11(16)17)10(15)8-14-12(18)19-13(2,3)4/h9H,5-8H2,1-4H3,(H,14,18)(H,16,17). The largest absolute Gasteiger partial charge is 0.481 e. The smallest absolute Gasteiger partial charge is 0.408 e. The van der Waals surface area contributed by atoms with Crippen molar-refractivity contribution in [3.05, 3.63) is 0 Å². The zero-order valence-electron chi connectivity index (χ0n) is 12.0. The minimum absolute atomic E-state index is 0.292. The molecule has 0 fully saturated rings. The van der Waals surface area contributed by atoms with E-state index in [9.17, 15) is 14.4 Å². The molecule has 0 aliphatic heterocycles. The first-order valence-corrected chi connectivity index (χ1v) is 6.39. The van der Waals surface area contributed by atoms with Crippen molar-refractivity contribution in [2.75, 3.05) is 6.54 Å². The number of ether oxygens (including phenoxy) is 1. The summed E-state index contributed by atoms with van der Waals surface area (Å²) in [6, 6.07) is 0. The van der Waals surface area contributed by atoms with Gasteiger partial charge in [-0.3, -0.25) is 9.59 Å². The van der Waals surface area contributed by atoms with E-state index in [0.717, 1.165) is 6.42 Å². The van der Waals surface area contributed by atoms with Crippen LogP contribution in [0.2, 0.25) is 0 Å². The molecule has 0 aromatic heterocycles. The molecule has 0 saturated heterocycles. The molecule has 1 atom stereocenters. The molecule has 0 radical (unpaired) electrons. The summed E-state index contributed by atoms with van der Waals surface area (Å²) in [7, 11) is 0. The Morgan fingerprint density at radius 2 is 1.84 bits per heavy atom. The van der Waals surface area contributed by atoms with Crippen LogP contribution in [0.15, 0.2) is 0 Å². The van der Waals surface area contributed by atoms with Crippen LogP contribution in [0.25, 0.3) is 0 Å². The van der Waals surface area contributed by atoms with Crippen molar-refractivity contribution in [2.45, 2.75) is 52.6 Å². The average Bonchev–Trinajstić information content (AvgIpc) is 2.24. The van der Waals surface area contributed by atoms with Crippen LogP contribution < -0.4 is 5.32 Å². The molecule has 19 heavy (non-hydrogen) atoms. The van der Waals surface area contributed by atoms with E-state index in [1.807, 2.05) is 6.92 Å². The SMILES string of the molecule is CCCCC(C(=O)O)C(=O)CNC(=O)OC(C)(C)C. The number of aliphatic carboxylic acids is 1. The second kappa shape index (κ2) is 7.76. The summed E-state index contributed by atoms with van der Waals surface area (Å²) in [4.78, 5) is 34.0. The van der Waals surface area contributed by atoms with E-state index in [1.165, 1.54) is 0 Å². The first kappa shape index (κ1) is 17.4. The van der Waals surface area contributed by atoms with Crippen LogP contribution in [-0.2, 0) is 14.3 Å². The van der Waals surface area contributed by atoms with Crippen molar-refractivity contribution in [1.82, 2.24) is 5.32 Å². The molecule has 0 bridgehead atoms. The van der Waals surface area contributed by atoms with Gasteiger partial charge in [0.15, 0.2) is 5.78 Å². The van der Waals surface area contributed by atoms with Crippen molar-refractivity contribution in [3.63, 3.8) is 0 Å². The number of nitrogens with one attached hydrogen (secondary N) is 1. The molecule has 6 heteroatoms. The molecule has 1 unspecified atom stereocenters. The predicted octanol–water partition coefficient (Wildman–Crippen LogP) is 1.97. The normalized spacial score (nSPS) is 12.6. The number of hydrogen-bond donors (Lipinski definition) is 2. The molecule has 0 heterocycles. The zero-order valence-corrected chi connectivity index (χ0v) is 12.0. The van der Waals surface area contributed by atoms with Gasteiger partial charge in [0.05, 0.1) is 6.54 Å². The van der Waals surface area contributed by atoms with Crippen LogP contribution in [0.5, 0.6) is 0 Å². The average molecular weight is 273 g/mol. The van der Waals surface area contributed by atoms with Crippen LogP contribution in [0, 0.1) is 5.92 Å². The van der Waals surface area contributed by atoms with Crippen LogP contribution in [0.3, 0.4) is 0 Å². The molecule has 0 aromatic carbocycles. The first-order chi connectivity index (χ1) is 8.67. The van der Waals surface area contributed by atoms with Gasteiger partial charge in [-0.25, -0.2) is 4.79 Å². The quantitative estimate of drug-likeness (QED) is 0.692. The van der Waals surface area contributed by atoms with Gasteiger partial charge in [-0.15, -0.1) is 0 Å². The lowest BCUT2D eigenvalue weighted by Crippen LogP contribution is -2.38. The van der Waals surface area contributed by atoms with Crippen molar-refractivity contribution in [3.8, 4) is 0 Å². The number of hydrogen-bond acceptors (Lipinski definition) is 4. The predicted molar refractivity (Wildman–Crippen MR) is 69.9 cm³/mol. The van der Waals surface area contributed by atoms with E-state index in [1.54, 1.807) is 20.8 Å². The summed E-state index contributed by atoms with van der Waals surface area (Å²) in [5.41, 5.74) is -0.651. The van der Waals surface area contributed by atoms with Crippen molar-refractivity contribution < 1.29 is 24.2 Å². The number of unbranched alkanes of at least 4 members (excludes halogenated alkanes) is 1.